The number of aryl methyl sites for hydroxylation is 3. The average Bonchev–Trinajstić information content (AvgIpc) is 3.00. The second-order valence-corrected chi connectivity index (χ2v) is 8.21. The smallest absolute Gasteiger partial charge is 0.253 e. The molecule has 0 aliphatic carbocycles. The quantitative estimate of drug-likeness (QED) is 0.504. The van der Waals surface area contributed by atoms with E-state index in [-0.39, 0.29) is 18.0 Å². The third-order valence-electron chi connectivity index (χ3n) is 5.85. The van der Waals surface area contributed by atoms with Crippen LogP contribution in [0.1, 0.15) is 44.0 Å². The van der Waals surface area contributed by atoms with Crippen LogP contribution in [-0.2, 0) is 13.1 Å². The third kappa shape index (κ3) is 4.17. The normalized spacial score (nSPS) is 11.1. The van der Waals surface area contributed by atoms with E-state index in [9.17, 15) is 9.59 Å². The van der Waals surface area contributed by atoms with Crippen molar-refractivity contribution in [1.29, 1.82) is 0 Å². The summed E-state index contributed by atoms with van der Waals surface area (Å²) in [5.41, 5.74) is 5.82. The fourth-order valence-electron chi connectivity index (χ4n) is 4.22. The molecule has 2 heterocycles. The van der Waals surface area contributed by atoms with Gasteiger partial charge in [0.15, 0.2) is 0 Å². The lowest BCUT2D eigenvalue weighted by molar-refractivity contribution is 0.0949. The van der Waals surface area contributed by atoms with E-state index in [1.165, 1.54) is 16.3 Å². The Morgan fingerprint density at radius 2 is 1.71 bits per heavy atom. The zero-order valence-corrected chi connectivity index (χ0v) is 18.4. The Morgan fingerprint density at radius 1 is 0.968 bits per heavy atom. The van der Waals surface area contributed by atoms with E-state index in [2.05, 4.69) is 45.2 Å². The molecule has 0 radical (unpaired) electrons. The molecular weight excluding hydrogens is 386 g/mol. The maximum atomic E-state index is 13.0. The lowest BCUT2D eigenvalue weighted by Crippen LogP contribution is -2.28. The summed E-state index contributed by atoms with van der Waals surface area (Å²) in [5, 5.41) is 5.35. The second-order valence-electron chi connectivity index (χ2n) is 8.21. The monoisotopic (exact) mass is 413 g/mol. The number of benzene rings is 2. The summed E-state index contributed by atoms with van der Waals surface area (Å²) in [4.78, 5) is 28.0. The van der Waals surface area contributed by atoms with Gasteiger partial charge >= 0.3 is 0 Å². The summed E-state index contributed by atoms with van der Waals surface area (Å²) >= 11 is 0. The summed E-state index contributed by atoms with van der Waals surface area (Å²) < 4.78 is 2.11. The van der Waals surface area contributed by atoms with Gasteiger partial charge in [0.2, 0.25) is 0 Å². The zero-order chi connectivity index (χ0) is 22.1. The van der Waals surface area contributed by atoms with Gasteiger partial charge in [0.05, 0.1) is 5.56 Å². The summed E-state index contributed by atoms with van der Waals surface area (Å²) in [5.74, 6) is -0.161. The Balaban J connectivity index is 1.54. The number of carbonyl (C=O) groups is 1. The number of rotatable bonds is 5. The number of aromatic nitrogens is 2. The highest BCUT2D eigenvalue weighted by Crippen LogP contribution is 2.21. The van der Waals surface area contributed by atoms with Crippen LogP contribution in [0.2, 0.25) is 0 Å². The van der Waals surface area contributed by atoms with Gasteiger partial charge in [-0.15, -0.1) is 0 Å². The predicted octanol–water partition coefficient (Wildman–Crippen LogP) is 4.54. The van der Waals surface area contributed by atoms with Crippen LogP contribution >= 0.6 is 0 Å². The summed E-state index contributed by atoms with van der Waals surface area (Å²) in [6.45, 7) is 8.55. The summed E-state index contributed by atoms with van der Waals surface area (Å²) in [6.07, 6.45) is 2.02. The Bertz CT molecular complexity index is 1340. The van der Waals surface area contributed by atoms with E-state index in [0.29, 0.717) is 17.7 Å². The molecule has 4 rings (SSSR count). The number of hydrogen-bond donors (Lipinski definition) is 2. The van der Waals surface area contributed by atoms with Gasteiger partial charge in [-0.1, -0.05) is 36.4 Å². The minimum Gasteiger partial charge on any atom is -0.348 e. The number of nitrogens with zero attached hydrogens (tertiary/aromatic N) is 1. The molecule has 0 spiro atoms. The van der Waals surface area contributed by atoms with Crippen LogP contribution in [-0.4, -0.2) is 15.5 Å². The third-order valence-corrected chi connectivity index (χ3v) is 5.85. The van der Waals surface area contributed by atoms with Crippen LogP contribution < -0.4 is 10.9 Å². The van der Waals surface area contributed by atoms with E-state index in [1.54, 1.807) is 0 Å². The first-order valence-corrected chi connectivity index (χ1v) is 10.4. The maximum Gasteiger partial charge on any atom is 0.253 e. The van der Waals surface area contributed by atoms with E-state index in [1.807, 2.05) is 52.1 Å². The van der Waals surface area contributed by atoms with Crippen LogP contribution in [0.25, 0.3) is 10.8 Å². The van der Waals surface area contributed by atoms with Crippen molar-refractivity contribution in [3.05, 3.63) is 104 Å². The van der Waals surface area contributed by atoms with E-state index in [4.69, 9.17) is 0 Å². The highest BCUT2D eigenvalue weighted by Gasteiger charge is 2.18. The molecule has 2 aromatic heterocycles. The van der Waals surface area contributed by atoms with Gasteiger partial charge in [0, 0.05) is 36.2 Å². The first-order chi connectivity index (χ1) is 14.8. The van der Waals surface area contributed by atoms with Crippen molar-refractivity contribution in [2.75, 3.05) is 0 Å². The first-order valence-electron chi connectivity index (χ1n) is 10.4. The van der Waals surface area contributed by atoms with Crippen LogP contribution in [0.5, 0.6) is 0 Å². The average molecular weight is 414 g/mol. The lowest BCUT2D eigenvalue weighted by Gasteiger charge is -2.10. The SMILES string of the molecule is Cc1cc(C)c(CNC(=O)c2c(C)cn(Cc3ccc4ccccc4c3)c2C)c(=O)[nH]1. The molecule has 0 saturated carbocycles. The van der Waals surface area contributed by atoms with E-state index in [0.717, 1.165) is 22.5 Å². The van der Waals surface area contributed by atoms with E-state index < -0.39 is 0 Å². The number of pyridine rings is 1. The molecule has 0 aliphatic rings. The van der Waals surface area contributed by atoms with Crippen LogP contribution in [0.3, 0.4) is 0 Å². The molecule has 0 unspecified atom stereocenters. The predicted molar refractivity (Wildman–Crippen MR) is 125 cm³/mol. The second kappa shape index (κ2) is 8.26. The topological polar surface area (TPSA) is 66.9 Å². The van der Waals surface area contributed by atoms with Gasteiger partial charge in [-0.05, 0) is 67.3 Å². The molecule has 0 bridgehead atoms. The highest BCUT2D eigenvalue weighted by atomic mass is 16.2. The Hall–Kier alpha value is -3.60. The number of amides is 1. The van der Waals surface area contributed by atoms with Crippen molar-refractivity contribution >= 4 is 16.7 Å². The molecule has 2 N–H and O–H groups in total. The molecule has 4 aromatic rings. The lowest BCUT2D eigenvalue weighted by atomic mass is 10.1. The molecule has 5 heteroatoms. The number of nitrogens with one attached hydrogen (secondary N) is 2. The molecule has 0 fully saturated rings. The number of fused-ring (bicyclic) bond motifs is 1. The van der Waals surface area contributed by atoms with Crippen LogP contribution in [0.4, 0.5) is 0 Å². The fourth-order valence-corrected chi connectivity index (χ4v) is 4.22. The van der Waals surface area contributed by atoms with Gasteiger partial charge in [0.25, 0.3) is 11.5 Å². The minimum absolute atomic E-state index is 0.153. The first kappa shape index (κ1) is 20.7. The van der Waals surface area contributed by atoms with Gasteiger partial charge in [0.1, 0.15) is 0 Å². The van der Waals surface area contributed by atoms with Crippen molar-refractivity contribution in [2.24, 2.45) is 0 Å². The molecule has 0 atom stereocenters. The molecule has 31 heavy (non-hydrogen) atoms. The van der Waals surface area contributed by atoms with Crippen molar-refractivity contribution in [2.45, 2.75) is 40.8 Å². The number of hydrogen-bond acceptors (Lipinski definition) is 2. The Labute approximate surface area is 181 Å². The number of aromatic amines is 1. The Kier molecular flexibility index (Phi) is 5.51. The van der Waals surface area contributed by atoms with E-state index >= 15 is 0 Å². The standard InChI is InChI=1S/C26H27N3O2/c1-16-11-18(3)28-25(30)23(16)13-27-26(31)24-17(2)14-29(19(24)4)15-20-9-10-21-7-5-6-8-22(21)12-20/h5-12,14H,13,15H2,1-4H3,(H,27,31)(H,28,30). The zero-order valence-electron chi connectivity index (χ0n) is 18.4. The molecule has 1 amide bonds. The molecule has 0 saturated heterocycles. The van der Waals surface area contributed by atoms with Crippen LogP contribution in [0.15, 0.2) is 59.5 Å². The number of carbonyl (C=O) groups excluding carboxylic acids is 1. The molecular formula is C26H27N3O2. The highest BCUT2D eigenvalue weighted by molar-refractivity contribution is 5.97. The maximum absolute atomic E-state index is 13.0. The molecule has 158 valence electrons. The molecule has 2 aromatic carbocycles. The van der Waals surface area contributed by atoms with Gasteiger partial charge in [-0.2, -0.15) is 0 Å². The van der Waals surface area contributed by atoms with Crippen molar-refractivity contribution in [3.63, 3.8) is 0 Å². The molecule has 0 aliphatic heterocycles. The van der Waals surface area contributed by atoms with Crippen molar-refractivity contribution < 1.29 is 4.79 Å². The van der Waals surface area contributed by atoms with Gasteiger partial charge in [-0.3, -0.25) is 9.59 Å². The van der Waals surface area contributed by atoms with Gasteiger partial charge in [-0.25, -0.2) is 0 Å². The fraction of sp³-hybridized carbons (Fsp3) is 0.231. The number of H-pyrrole nitrogens is 1. The van der Waals surface area contributed by atoms with Crippen LogP contribution in [0, 0.1) is 27.7 Å². The molecule has 5 nitrogen and oxygen atoms in total. The Morgan fingerprint density at radius 3 is 2.45 bits per heavy atom. The van der Waals surface area contributed by atoms with Crippen molar-refractivity contribution in [3.8, 4) is 0 Å². The summed E-state index contributed by atoms with van der Waals surface area (Å²) in [6, 6.07) is 16.7. The van der Waals surface area contributed by atoms with Gasteiger partial charge < -0.3 is 14.9 Å². The largest absolute Gasteiger partial charge is 0.348 e. The summed E-state index contributed by atoms with van der Waals surface area (Å²) in [7, 11) is 0. The minimum atomic E-state index is -0.161. The van der Waals surface area contributed by atoms with Crippen molar-refractivity contribution in [1.82, 2.24) is 14.9 Å².